The Hall–Kier alpha value is -3.64. The maximum Gasteiger partial charge on any atom is 0.168 e. The summed E-state index contributed by atoms with van der Waals surface area (Å²) in [6, 6.07) is 6.88. The molecule has 1 aromatic heterocycles. The first-order chi connectivity index (χ1) is 23.5. The summed E-state index contributed by atoms with van der Waals surface area (Å²) in [5.41, 5.74) is 10.7. The number of ketones is 1. The van der Waals surface area contributed by atoms with Gasteiger partial charge in [-0.15, -0.1) is 17.8 Å². The van der Waals surface area contributed by atoms with Gasteiger partial charge in [0.1, 0.15) is 17.0 Å². The second-order valence-electron chi connectivity index (χ2n) is 13.7. The third kappa shape index (κ3) is 7.60. The number of hydrogen-bond donors (Lipinski definition) is 1. The Balaban J connectivity index is 1.72. The number of hydrogen-bond acceptors (Lipinski definition) is 6. The molecule has 2 aromatic carbocycles. The monoisotopic (exact) mass is 685 g/mol. The molecule has 49 heavy (non-hydrogen) atoms. The fourth-order valence-corrected chi connectivity index (χ4v) is 8.75. The van der Waals surface area contributed by atoms with E-state index < -0.39 is 17.9 Å². The lowest BCUT2D eigenvalue weighted by Gasteiger charge is -2.39. The number of allylic oxidation sites excluding steroid dienone is 1. The predicted molar refractivity (Wildman–Crippen MR) is 198 cm³/mol. The molecule has 0 amide bonds. The molecular formula is C41H49F2N3O2S. The largest absolute Gasteiger partial charge is 0.370 e. The molecule has 0 spiro atoms. The number of nitrogens with two attached hydrogens (primary N) is 1. The summed E-state index contributed by atoms with van der Waals surface area (Å²) >= 11 is 1.20. The fourth-order valence-electron chi connectivity index (χ4n) is 7.66. The number of benzene rings is 2. The van der Waals surface area contributed by atoms with E-state index in [1.54, 1.807) is 19.1 Å². The van der Waals surface area contributed by atoms with Gasteiger partial charge in [-0.2, -0.15) is 0 Å². The molecule has 0 bridgehead atoms. The van der Waals surface area contributed by atoms with Crippen molar-refractivity contribution in [2.75, 3.05) is 20.2 Å². The van der Waals surface area contributed by atoms with Crippen molar-refractivity contribution in [1.82, 2.24) is 4.90 Å². The second kappa shape index (κ2) is 15.9. The molecule has 3 aromatic rings. The molecule has 2 aliphatic rings. The molecule has 2 N–H and O–H groups in total. The van der Waals surface area contributed by atoms with Crippen LogP contribution in [0.15, 0.2) is 52.6 Å². The van der Waals surface area contributed by atoms with Crippen molar-refractivity contribution >= 4 is 32.9 Å². The van der Waals surface area contributed by atoms with Gasteiger partial charge < -0.3 is 15.4 Å². The van der Waals surface area contributed by atoms with Gasteiger partial charge in [-0.05, 0) is 99.2 Å². The van der Waals surface area contributed by atoms with Crippen LogP contribution in [0.25, 0.3) is 26.9 Å². The second-order valence-corrected chi connectivity index (χ2v) is 14.7. The number of halogens is 2. The van der Waals surface area contributed by atoms with Crippen LogP contribution in [-0.4, -0.2) is 43.2 Å². The van der Waals surface area contributed by atoms with Crippen molar-refractivity contribution < 1.29 is 18.3 Å². The lowest BCUT2D eigenvalue weighted by molar-refractivity contribution is -0.116. The molecule has 8 heteroatoms. The zero-order valence-electron chi connectivity index (χ0n) is 29.7. The first-order valence-corrected chi connectivity index (χ1v) is 18.4. The van der Waals surface area contributed by atoms with Gasteiger partial charge in [-0.25, -0.2) is 13.8 Å². The van der Waals surface area contributed by atoms with E-state index in [1.165, 1.54) is 23.0 Å². The van der Waals surface area contributed by atoms with Gasteiger partial charge in [0, 0.05) is 41.4 Å². The number of likely N-dealkylation sites (N-methyl/N-ethyl adjacent to an activating group) is 1. The van der Waals surface area contributed by atoms with Crippen LogP contribution < -0.4 is 16.3 Å². The van der Waals surface area contributed by atoms with Gasteiger partial charge in [-0.1, -0.05) is 56.9 Å². The molecule has 1 unspecified atom stereocenters. The van der Waals surface area contributed by atoms with Gasteiger partial charge >= 0.3 is 0 Å². The minimum Gasteiger partial charge on any atom is -0.370 e. The highest BCUT2D eigenvalue weighted by atomic mass is 32.1. The van der Waals surface area contributed by atoms with Crippen LogP contribution in [0.4, 0.5) is 8.78 Å². The van der Waals surface area contributed by atoms with E-state index in [2.05, 4.69) is 44.7 Å². The molecule has 5 rings (SSSR count). The van der Waals surface area contributed by atoms with E-state index in [1.807, 2.05) is 19.1 Å². The van der Waals surface area contributed by atoms with Crippen LogP contribution in [0, 0.1) is 35.8 Å². The molecule has 0 radical (unpaired) electrons. The molecule has 0 fully saturated rings. The minimum atomic E-state index is -0.681. The van der Waals surface area contributed by atoms with Gasteiger partial charge in [-0.3, -0.25) is 4.79 Å². The maximum atomic E-state index is 17.3. The average molecular weight is 686 g/mol. The van der Waals surface area contributed by atoms with E-state index in [4.69, 9.17) is 21.9 Å². The summed E-state index contributed by atoms with van der Waals surface area (Å²) in [5, 5.41) is 1.52. The minimum absolute atomic E-state index is 0.153. The Morgan fingerprint density at radius 3 is 2.63 bits per heavy atom. The third-order valence-electron chi connectivity index (χ3n) is 9.93. The number of ether oxygens (including phenoxy) is 1. The van der Waals surface area contributed by atoms with E-state index in [0.29, 0.717) is 63.2 Å². The fraction of sp³-hybridized carbons (Fsp3) is 0.463. The Labute approximate surface area is 293 Å². The van der Waals surface area contributed by atoms with Gasteiger partial charge in [0.2, 0.25) is 0 Å². The molecule has 0 saturated heterocycles. The van der Waals surface area contributed by atoms with Crippen LogP contribution in [-0.2, 0) is 16.0 Å². The van der Waals surface area contributed by atoms with Gasteiger partial charge in [0.05, 0.1) is 16.2 Å². The highest BCUT2D eigenvalue weighted by molar-refractivity contribution is 7.19. The number of rotatable bonds is 13. The number of Topliss-reactive ketones (excluding diaryl/α,β-unsaturated/α-hetero) is 1. The molecule has 1 aliphatic heterocycles. The molecule has 2 heterocycles. The summed E-state index contributed by atoms with van der Waals surface area (Å²) in [6.07, 6.45) is 15.1. The quantitative estimate of drug-likeness (QED) is 0.147. The number of fused-ring (bicyclic) bond motifs is 2. The van der Waals surface area contributed by atoms with Crippen LogP contribution in [0.5, 0.6) is 0 Å². The van der Waals surface area contributed by atoms with Crippen molar-refractivity contribution in [1.29, 1.82) is 0 Å². The Morgan fingerprint density at radius 1 is 1.20 bits per heavy atom. The standard InChI is InChI=1S/C41H49F2N3O2S/c1-8-11-24(4)23-48-36-20-25(5)40(46(7)34-17-12-27(21-26(6)47)22-28(34)9-2)32-14-13-30(38(43)39(32)45-36)29-15-16-33(42)41-37(29)31(18-19-44)35(10-3)49-41/h3,13-16,20,22,24,28,34,36H,8-9,11-12,17-19,21,23,44H2,1-2,4-7H3/t24-,28+,34+,36?/m0/s1. The Kier molecular flexibility index (Phi) is 11.9. The SMILES string of the molecule is C#Cc1sc2c(F)ccc(-c3ccc4c(c3F)=NC(OC[C@@H](C)CCC)C=C(C)C=4N(C)[C@@H]3CCC(CC(C)=O)=C[C@H]3CC)c2c1CCN. The zero-order valence-corrected chi connectivity index (χ0v) is 30.5. The van der Waals surface area contributed by atoms with E-state index >= 15 is 8.78 Å². The predicted octanol–water partition coefficient (Wildman–Crippen LogP) is 7.82. The summed E-state index contributed by atoms with van der Waals surface area (Å²) in [4.78, 5) is 19.8. The lowest BCUT2D eigenvalue weighted by atomic mass is 9.81. The maximum absolute atomic E-state index is 17.3. The summed E-state index contributed by atoms with van der Waals surface area (Å²) < 4.78 is 39.2. The zero-order chi connectivity index (χ0) is 35.4. The van der Waals surface area contributed by atoms with Crippen molar-refractivity contribution in [3.05, 3.63) is 80.2 Å². The highest BCUT2D eigenvalue weighted by Gasteiger charge is 2.31. The third-order valence-corrected chi connectivity index (χ3v) is 11.1. The number of thiophene rings is 1. The average Bonchev–Trinajstić information content (AvgIpc) is 3.37. The first kappa shape index (κ1) is 36.6. The number of nitrogens with zero attached hydrogens (tertiary/aromatic N) is 2. The summed E-state index contributed by atoms with van der Waals surface area (Å²) in [7, 11) is 2.08. The van der Waals surface area contributed by atoms with Crippen molar-refractivity contribution in [3.63, 3.8) is 0 Å². The molecule has 0 saturated carbocycles. The number of carbonyl (C=O) groups is 1. The summed E-state index contributed by atoms with van der Waals surface area (Å²) in [6.45, 7) is 11.0. The molecule has 1 aliphatic carbocycles. The number of carbonyl (C=O) groups excluding carboxylic acids is 1. The Bertz CT molecular complexity index is 1950. The normalized spacial score (nSPS) is 19.8. The van der Waals surface area contributed by atoms with Crippen LogP contribution >= 0.6 is 11.3 Å². The van der Waals surface area contributed by atoms with Crippen molar-refractivity contribution in [2.45, 2.75) is 91.8 Å². The van der Waals surface area contributed by atoms with Gasteiger partial charge in [0.25, 0.3) is 0 Å². The molecule has 260 valence electrons. The van der Waals surface area contributed by atoms with Crippen molar-refractivity contribution in [2.24, 2.45) is 22.6 Å². The van der Waals surface area contributed by atoms with E-state index in [-0.39, 0.29) is 23.1 Å². The van der Waals surface area contributed by atoms with Crippen LogP contribution in [0.1, 0.15) is 83.6 Å². The highest BCUT2D eigenvalue weighted by Crippen LogP contribution is 2.40. The molecular weight excluding hydrogens is 637 g/mol. The first-order valence-electron chi connectivity index (χ1n) is 17.6. The van der Waals surface area contributed by atoms with E-state index in [0.717, 1.165) is 48.9 Å². The summed E-state index contributed by atoms with van der Waals surface area (Å²) in [5.74, 6) is 2.56. The molecule has 4 atom stereocenters. The van der Waals surface area contributed by atoms with Crippen LogP contribution in [0.3, 0.4) is 0 Å². The topological polar surface area (TPSA) is 67.9 Å². The van der Waals surface area contributed by atoms with Crippen LogP contribution in [0.2, 0.25) is 0 Å². The Morgan fingerprint density at radius 2 is 1.96 bits per heavy atom. The van der Waals surface area contributed by atoms with Crippen molar-refractivity contribution in [3.8, 4) is 23.5 Å². The van der Waals surface area contributed by atoms with Gasteiger partial charge in [0.15, 0.2) is 12.0 Å². The van der Waals surface area contributed by atoms with E-state index in [9.17, 15) is 4.79 Å². The number of terminal acetylenes is 1. The molecule has 5 nitrogen and oxygen atoms in total. The lowest BCUT2D eigenvalue weighted by Crippen LogP contribution is -2.43. The smallest absolute Gasteiger partial charge is 0.168 e.